The SMILES string of the molecule is CCCC(NC(=O)Cc1cc(F)cc(F)c1)C(=O)Nc1ccc(C(C)NC(CC)CC)cn1. The molecule has 1 aromatic carbocycles. The number of nitrogens with zero attached hydrogens (tertiary/aromatic N) is 1. The summed E-state index contributed by atoms with van der Waals surface area (Å²) >= 11 is 0. The highest BCUT2D eigenvalue weighted by Crippen LogP contribution is 2.16. The lowest BCUT2D eigenvalue weighted by molar-refractivity contribution is -0.126. The van der Waals surface area contributed by atoms with Crippen LogP contribution in [0.3, 0.4) is 0 Å². The molecule has 2 rings (SSSR count). The minimum atomic E-state index is -0.780. The van der Waals surface area contributed by atoms with Gasteiger partial charge in [-0.2, -0.15) is 0 Å². The molecule has 180 valence electrons. The van der Waals surface area contributed by atoms with Crippen molar-refractivity contribution in [3.63, 3.8) is 0 Å². The Labute approximate surface area is 194 Å². The zero-order chi connectivity index (χ0) is 24.4. The Morgan fingerprint density at radius 1 is 1.03 bits per heavy atom. The first-order valence-electron chi connectivity index (χ1n) is 11.5. The topological polar surface area (TPSA) is 83.1 Å². The molecule has 8 heteroatoms. The van der Waals surface area contributed by atoms with Gasteiger partial charge >= 0.3 is 0 Å². The van der Waals surface area contributed by atoms with Crippen LogP contribution in [0, 0.1) is 11.6 Å². The fourth-order valence-electron chi connectivity index (χ4n) is 3.62. The van der Waals surface area contributed by atoms with Gasteiger partial charge in [0.15, 0.2) is 0 Å². The fourth-order valence-corrected chi connectivity index (χ4v) is 3.62. The molecule has 0 saturated carbocycles. The smallest absolute Gasteiger partial charge is 0.248 e. The monoisotopic (exact) mass is 460 g/mol. The van der Waals surface area contributed by atoms with Crippen molar-refractivity contribution in [1.29, 1.82) is 0 Å². The number of nitrogens with one attached hydrogen (secondary N) is 3. The maximum absolute atomic E-state index is 13.4. The first-order valence-corrected chi connectivity index (χ1v) is 11.5. The van der Waals surface area contributed by atoms with Gasteiger partial charge in [-0.25, -0.2) is 13.8 Å². The van der Waals surface area contributed by atoms with Crippen LogP contribution in [0.15, 0.2) is 36.5 Å². The molecule has 0 spiro atoms. The van der Waals surface area contributed by atoms with E-state index in [9.17, 15) is 18.4 Å². The Kier molecular flexibility index (Phi) is 10.4. The van der Waals surface area contributed by atoms with Gasteiger partial charge in [-0.1, -0.05) is 33.3 Å². The lowest BCUT2D eigenvalue weighted by Crippen LogP contribution is -2.44. The predicted molar refractivity (Wildman–Crippen MR) is 126 cm³/mol. The largest absolute Gasteiger partial charge is 0.344 e. The molecule has 0 bridgehead atoms. The molecule has 0 aliphatic rings. The fraction of sp³-hybridized carbons (Fsp3) is 0.480. The Hall–Kier alpha value is -2.87. The average Bonchev–Trinajstić information content (AvgIpc) is 2.76. The van der Waals surface area contributed by atoms with E-state index in [2.05, 4.69) is 41.7 Å². The minimum absolute atomic E-state index is 0.131. The van der Waals surface area contributed by atoms with E-state index in [1.54, 1.807) is 12.3 Å². The van der Waals surface area contributed by atoms with Crippen molar-refractivity contribution in [2.75, 3.05) is 5.32 Å². The van der Waals surface area contributed by atoms with Gasteiger partial charge < -0.3 is 16.0 Å². The summed E-state index contributed by atoms with van der Waals surface area (Å²) in [7, 11) is 0. The third kappa shape index (κ3) is 8.53. The standard InChI is InChI=1S/C25H34F2N4O2/c1-5-8-22(30-24(32)13-17-11-19(26)14-20(27)12-17)25(33)31-23-10-9-18(15-28-23)16(4)29-21(6-2)7-3/h9-12,14-16,21-22,29H,5-8,13H2,1-4H3,(H,30,32)(H,28,31,33). The molecule has 0 radical (unpaired) electrons. The van der Waals surface area contributed by atoms with Gasteiger partial charge in [0.05, 0.1) is 6.42 Å². The Morgan fingerprint density at radius 3 is 2.24 bits per heavy atom. The van der Waals surface area contributed by atoms with Crippen molar-refractivity contribution in [1.82, 2.24) is 15.6 Å². The second-order valence-corrected chi connectivity index (χ2v) is 8.23. The number of hydrogen-bond acceptors (Lipinski definition) is 4. The highest BCUT2D eigenvalue weighted by molar-refractivity contribution is 5.96. The minimum Gasteiger partial charge on any atom is -0.344 e. The van der Waals surface area contributed by atoms with Crippen LogP contribution in [0.1, 0.15) is 70.5 Å². The number of amides is 2. The summed E-state index contributed by atoms with van der Waals surface area (Å²) in [6.07, 6.45) is 4.67. The molecule has 1 aromatic heterocycles. The van der Waals surface area contributed by atoms with E-state index < -0.39 is 23.6 Å². The summed E-state index contributed by atoms with van der Waals surface area (Å²) in [6.45, 7) is 8.26. The van der Waals surface area contributed by atoms with Crippen LogP contribution in [0.2, 0.25) is 0 Å². The molecule has 33 heavy (non-hydrogen) atoms. The normalized spacial score (nSPS) is 12.9. The molecule has 0 aliphatic carbocycles. The van der Waals surface area contributed by atoms with E-state index in [-0.39, 0.29) is 23.9 Å². The molecule has 2 atom stereocenters. The van der Waals surface area contributed by atoms with Gasteiger partial charge in [-0.05, 0) is 55.5 Å². The third-order valence-corrected chi connectivity index (χ3v) is 5.53. The van der Waals surface area contributed by atoms with Crippen molar-refractivity contribution in [2.24, 2.45) is 0 Å². The summed E-state index contributed by atoms with van der Waals surface area (Å²) in [4.78, 5) is 29.5. The van der Waals surface area contributed by atoms with E-state index in [0.29, 0.717) is 24.7 Å². The number of pyridine rings is 1. The molecule has 1 heterocycles. The van der Waals surface area contributed by atoms with Crippen LogP contribution in [-0.4, -0.2) is 28.9 Å². The summed E-state index contributed by atoms with van der Waals surface area (Å²) < 4.78 is 26.7. The average molecular weight is 461 g/mol. The molecule has 2 amide bonds. The van der Waals surface area contributed by atoms with Crippen molar-refractivity contribution in [2.45, 2.75) is 77.9 Å². The maximum atomic E-state index is 13.4. The van der Waals surface area contributed by atoms with E-state index in [1.807, 2.05) is 13.0 Å². The van der Waals surface area contributed by atoms with E-state index in [4.69, 9.17) is 0 Å². The van der Waals surface area contributed by atoms with Crippen LogP contribution in [0.5, 0.6) is 0 Å². The van der Waals surface area contributed by atoms with Crippen LogP contribution in [0.25, 0.3) is 0 Å². The number of aromatic nitrogens is 1. The van der Waals surface area contributed by atoms with Gasteiger partial charge in [-0.3, -0.25) is 9.59 Å². The predicted octanol–water partition coefficient (Wildman–Crippen LogP) is 4.67. The first kappa shape index (κ1) is 26.4. The third-order valence-electron chi connectivity index (χ3n) is 5.53. The van der Waals surface area contributed by atoms with Gasteiger partial charge in [0.2, 0.25) is 11.8 Å². The van der Waals surface area contributed by atoms with E-state index in [1.165, 1.54) is 0 Å². The lowest BCUT2D eigenvalue weighted by atomic mass is 10.1. The van der Waals surface area contributed by atoms with Gasteiger partial charge in [0.25, 0.3) is 0 Å². The second kappa shape index (κ2) is 13.0. The van der Waals surface area contributed by atoms with Crippen molar-refractivity contribution in [3.8, 4) is 0 Å². The van der Waals surface area contributed by atoms with Gasteiger partial charge in [0, 0.05) is 24.3 Å². The number of carbonyl (C=O) groups excluding carboxylic acids is 2. The number of hydrogen-bond donors (Lipinski definition) is 3. The lowest BCUT2D eigenvalue weighted by Gasteiger charge is -2.21. The van der Waals surface area contributed by atoms with Crippen molar-refractivity contribution >= 4 is 17.6 Å². The van der Waals surface area contributed by atoms with Crippen LogP contribution >= 0.6 is 0 Å². The zero-order valence-electron chi connectivity index (χ0n) is 19.8. The van der Waals surface area contributed by atoms with Crippen molar-refractivity contribution in [3.05, 3.63) is 59.3 Å². The molecule has 3 N–H and O–H groups in total. The number of rotatable bonds is 12. The second-order valence-electron chi connectivity index (χ2n) is 8.23. The van der Waals surface area contributed by atoms with Crippen LogP contribution in [-0.2, 0) is 16.0 Å². The van der Waals surface area contributed by atoms with Crippen LogP contribution < -0.4 is 16.0 Å². The molecule has 2 aromatic rings. The Morgan fingerprint density at radius 2 is 1.70 bits per heavy atom. The Bertz CT molecular complexity index is 897. The van der Waals surface area contributed by atoms with E-state index >= 15 is 0 Å². The van der Waals surface area contributed by atoms with Gasteiger partial charge in [-0.15, -0.1) is 0 Å². The quantitative estimate of drug-likeness (QED) is 0.430. The highest BCUT2D eigenvalue weighted by atomic mass is 19.1. The zero-order valence-corrected chi connectivity index (χ0v) is 19.8. The summed E-state index contributed by atoms with van der Waals surface area (Å²) in [5, 5.41) is 8.95. The highest BCUT2D eigenvalue weighted by Gasteiger charge is 2.21. The molecular formula is C25H34F2N4O2. The number of anilines is 1. The summed E-state index contributed by atoms with van der Waals surface area (Å²) in [6, 6.07) is 6.37. The summed E-state index contributed by atoms with van der Waals surface area (Å²) in [5.74, 6) is -1.99. The molecule has 0 saturated heterocycles. The Balaban J connectivity index is 1.97. The molecule has 0 aliphatic heterocycles. The molecular weight excluding hydrogens is 426 g/mol. The number of carbonyl (C=O) groups is 2. The van der Waals surface area contributed by atoms with Crippen LogP contribution in [0.4, 0.5) is 14.6 Å². The first-order chi connectivity index (χ1) is 15.7. The summed E-state index contributed by atoms with van der Waals surface area (Å²) in [5.41, 5.74) is 1.22. The molecule has 6 nitrogen and oxygen atoms in total. The van der Waals surface area contributed by atoms with Crippen molar-refractivity contribution < 1.29 is 18.4 Å². The molecule has 2 unspecified atom stereocenters. The number of halogens is 2. The molecule has 0 fully saturated rings. The van der Waals surface area contributed by atoms with E-state index in [0.717, 1.165) is 36.6 Å². The maximum Gasteiger partial charge on any atom is 0.248 e. The van der Waals surface area contributed by atoms with Gasteiger partial charge in [0.1, 0.15) is 23.5 Å². The number of benzene rings is 1.